The predicted octanol–water partition coefficient (Wildman–Crippen LogP) is 3.83. The molecule has 0 saturated heterocycles. The minimum Gasteiger partial charge on any atom is -0.208 e. The molecule has 1 heterocycles. The SMILES string of the molecule is C=C(C)[C@H]1CCC(C)=C1CC(C)(C)/C=N\n1cnnc1. The molecule has 1 aliphatic carbocycles. The average Bonchev–Trinajstić information content (AvgIpc) is 2.98. The molecule has 0 saturated carbocycles. The van der Waals surface area contributed by atoms with Gasteiger partial charge in [0.1, 0.15) is 12.7 Å². The van der Waals surface area contributed by atoms with Crippen LogP contribution in [0.5, 0.6) is 0 Å². The minimum atomic E-state index is 0.0128. The van der Waals surface area contributed by atoms with E-state index in [1.807, 2.05) is 6.21 Å². The monoisotopic (exact) mass is 272 g/mol. The number of hydrogen-bond acceptors (Lipinski definition) is 3. The van der Waals surface area contributed by atoms with Gasteiger partial charge < -0.3 is 0 Å². The van der Waals surface area contributed by atoms with Gasteiger partial charge in [0.05, 0.1) is 0 Å². The molecule has 0 bridgehead atoms. The Morgan fingerprint density at radius 1 is 1.50 bits per heavy atom. The highest BCUT2D eigenvalue weighted by atomic mass is 15.4. The van der Waals surface area contributed by atoms with Gasteiger partial charge in [-0.2, -0.15) is 5.10 Å². The van der Waals surface area contributed by atoms with Crippen LogP contribution in [-0.4, -0.2) is 21.1 Å². The summed E-state index contributed by atoms with van der Waals surface area (Å²) in [7, 11) is 0. The van der Waals surface area contributed by atoms with Gasteiger partial charge in [-0.25, -0.2) is 4.68 Å². The van der Waals surface area contributed by atoms with Crippen molar-refractivity contribution in [2.24, 2.45) is 16.4 Å². The van der Waals surface area contributed by atoms with Gasteiger partial charge in [0.15, 0.2) is 0 Å². The molecule has 1 aromatic heterocycles. The molecule has 0 aromatic carbocycles. The maximum absolute atomic E-state index is 4.40. The van der Waals surface area contributed by atoms with Crippen molar-refractivity contribution in [3.63, 3.8) is 0 Å². The Hall–Kier alpha value is -1.71. The molecule has 0 radical (unpaired) electrons. The molecule has 0 N–H and O–H groups in total. The van der Waals surface area contributed by atoms with Crippen molar-refractivity contribution in [3.8, 4) is 0 Å². The van der Waals surface area contributed by atoms with E-state index >= 15 is 0 Å². The van der Waals surface area contributed by atoms with Crippen LogP contribution < -0.4 is 0 Å². The van der Waals surface area contributed by atoms with Crippen molar-refractivity contribution in [2.75, 3.05) is 0 Å². The summed E-state index contributed by atoms with van der Waals surface area (Å²) in [6.45, 7) is 13.0. The van der Waals surface area contributed by atoms with Gasteiger partial charge in [0.25, 0.3) is 0 Å². The average molecular weight is 272 g/mol. The predicted molar refractivity (Wildman–Crippen MR) is 82.5 cm³/mol. The maximum atomic E-state index is 4.40. The molecule has 0 spiro atoms. The van der Waals surface area contributed by atoms with Crippen molar-refractivity contribution < 1.29 is 0 Å². The zero-order valence-electron chi connectivity index (χ0n) is 12.9. The topological polar surface area (TPSA) is 43.1 Å². The molecule has 0 amide bonds. The third-order valence-corrected chi connectivity index (χ3v) is 3.96. The van der Waals surface area contributed by atoms with Crippen LogP contribution in [-0.2, 0) is 0 Å². The molecule has 108 valence electrons. The highest BCUT2D eigenvalue weighted by molar-refractivity contribution is 5.65. The first-order valence-corrected chi connectivity index (χ1v) is 7.13. The second-order valence-corrected chi connectivity index (χ2v) is 6.50. The number of rotatable bonds is 5. The Bertz CT molecular complexity index is 535. The largest absolute Gasteiger partial charge is 0.208 e. The highest BCUT2D eigenvalue weighted by Crippen LogP contribution is 2.41. The molecule has 20 heavy (non-hydrogen) atoms. The molecule has 0 fully saturated rings. The Labute approximate surface area is 121 Å². The van der Waals surface area contributed by atoms with Crippen molar-refractivity contribution in [3.05, 3.63) is 36.0 Å². The first-order chi connectivity index (χ1) is 9.39. The van der Waals surface area contributed by atoms with Gasteiger partial charge in [0.2, 0.25) is 0 Å². The third-order valence-electron chi connectivity index (χ3n) is 3.96. The van der Waals surface area contributed by atoms with Crippen LogP contribution in [0.1, 0.15) is 47.0 Å². The summed E-state index contributed by atoms with van der Waals surface area (Å²) in [5.74, 6) is 0.553. The van der Waals surface area contributed by atoms with Crippen LogP contribution in [0.4, 0.5) is 0 Å². The molecule has 1 aromatic rings. The number of nitrogens with zero attached hydrogens (tertiary/aromatic N) is 4. The first kappa shape index (κ1) is 14.7. The number of hydrogen-bond donors (Lipinski definition) is 0. The van der Waals surface area contributed by atoms with Gasteiger partial charge >= 0.3 is 0 Å². The van der Waals surface area contributed by atoms with Gasteiger partial charge in [0, 0.05) is 17.5 Å². The summed E-state index contributed by atoms with van der Waals surface area (Å²) >= 11 is 0. The van der Waals surface area contributed by atoms with Gasteiger partial charge in [-0.1, -0.05) is 37.1 Å². The fourth-order valence-corrected chi connectivity index (χ4v) is 2.83. The van der Waals surface area contributed by atoms with Crippen LogP contribution in [0.2, 0.25) is 0 Å². The summed E-state index contributed by atoms with van der Waals surface area (Å²) in [5.41, 5.74) is 4.38. The third kappa shape index (κ3) is 3.44. The maximum Gasteiger partial charge on any atom is 0.141 e. The van der Waals surface area contributed by atoms with E-state index in [0.717, 1.165) is 6.42 Å². The lowest BCUT2D eigenvalue weighted by molar-refractivity contribution is 0.498. The summed E-state index contributed by atoms with van der Waals surface area (Å²) in [6, 6.07) is 0. The van der Waals surface area contributed by atoms with E-state index in [9.17, 15) is 0 Å². The van der Waals surface area contributed by atoms with Crippen LogP contribution in [0.25, 0.3) is 0 Å². The zero-order valence-corrected chi connectivity index (χ0v) is 12.9. The number of allylic oxidation sites excluding steroid dienone is 3. The summed E-state index contributed by atoms with van der Waals surface area (Å²) in [5, 5.41) is 11.9. The molecular weight excluding hydrogens is 248 g/mol. The normalized spacial score (nSPS) is 20.1. The van der Waals surface area contributed by atoms with Gasteiger partial charge in [-0.15, -0.1) is 10.2 Å². The van der Waals surface area contributed by atoms with Crippen molar-refractivity contribution in [1.29, 1.82) is 0 Å². The molecular formula is C16H24N4. The molecule has 0 aliphatic heterocycles. The van der Waals surface area contributed by atoms with Crippen LogP contribution >= 0.6 is 0 Å². The van der Waals surface area contributed by atoms with Crippen molar-refractivity contribution in [1.82, 2.24) is 14.9 Å². The fourth-order valence-electron chi connectivity index (χ4n) is 2.83. The smallest absolute Gasteiger partial charge is 0.141 e. The summed E-state index contributed by atoms with van der Waals surface area (Å²) in [6.07, 6.45) is 8.64. The lowest BCUT2D eigenvalue weighted by Crippen LogP contribution is -2.17. The van der Waals surface area contributed by atoms with E-state index in [-0.39, 0.29) is 5.41 Å². The Kier molecular flexibility index (Phi) is 4.21. The summed E-state index contributed by atoms with van der Waals surface area (Å²) in [4.78, 5) is 0. The van der Waals surface area contributed by atoms with Crippen molar-refractivity contribution in [2.45, 2.75) is 47.0 Å². The minimum absolute atomic E-state index is 0.0128. The summed E-state index contributed by atoms with van der Waals surface area (Å²) < 4.78 is 1.63. The molecule has 2 rings (SSSR count). The second kappa shape index (κ2) is 5.73. The van der Waals surface area contributed by atoms with Crippen LogP contribution in [0, 0.1) is 11.3 Å². The first-order valence-electron chi connectivity index (χ1n) is 7.13. The van der Waals surface area contributed by atoms with E-state index in [2.05, 4.69) is 49.6 Å². The highest BCUT2D eigenvalue weighted by Gasteiger charge is 2.28. The fraction of sp³-hybridized carbons (Fsp3) is 0.562. The molecule has 1 aliphatic rings. The van der Waals surface area contributed by atoms with E-state index in [1.165, 1.54) is 24.0 Å². The van der Waals surface area contributed by atoms with Gasteiger partial charge in [-0.05, 0) is 33.1 Å². The van der Waals surface area contributed by atoms with Crippen LogP contribution in [0.15, 0.2) is 41.1 Å². The second-order valence-electron chi connectivity index (χ2n) is 6.50. The van der Waals surface area contributed by atoms with E-state index in [4.69, 9.17) is 0 Å². The molecule has 1 atom stereocenters. The van der Waals surface area contributed by atoms with E-state index in [0.29, 0.717) is 5.92 Å². The quantitative estimate of drug-likeness (QED) is 0.604. The standard InChI is InChI=1S/C16H24N4/c1-12(2)14-7-6-13(3)15(14)8-16(4,5)9-19-20-10-17-18-11-20/h9-11,14H,1,6-8H2,2-5H3/b19-9-/t14-/m1/s1. The zero-order chi connectivity index (χ0) is 14.8. The Morgan fingerprint density at radius 2 is 2.15 bits per heavy atom. The molecule has 0 unspecified atom stereocenters. The van der Waals surface area contributed by atoms with Crippen LogP contribution in [0.3, 0.4) is 0 Å². The van der Waals surface area contributed by atoms with E-state index < -0.39 is 0 Å². The molecule has 4 heteroatoms. The van der Waals surface area contributed by atoms with E-state index in [1.54, 1.807) is 22.9 Å². The molecule has 4 nitrogen and oxygen atoms in total. The number of aromatic nitrogens is 3. The van der Waals surface area contributed by atoms with Crippen molar-refractivity contribution >= 4 is 6.21 Å². The lowest BCUT2D eigenvalue weighted by Gasteiger charge is -2.24. The lowest BCUT2D eigenvalue weighted by atomic mass is 9.81. The Morgan fingerprint density at radius 3 is 2.75 bits per heavy atom. The van der Waals surface area contributed by atoms with Gasteiger partial charge in [-0.3, -0.25) is 0 Å². The Balaban J connectivity index is 2.11.